The Hall–Kier alpha value is -1.72. The van der Waals surface area contributed by atoms with Crippen molar-refractivity contribution in [2.75, 3.05) is 13.2 Å². The highest BCUT2D eigenvalue weighted by molar-refractivity contribution is 8.00. The zero-order chi connectivity index (χ0) is 24.6. The van der Waals surface area contributed by atoms with Crippen molar-refractivity contribution in [1.29, 1.82) is 0 Å². The van der Waals surface area contributed by atoms with Crippen LogP contribution in [0.5, 0.6) is 0 Å². The predicted octanol–water partition coefficient (Wildman–Crippen LogP) is -2.44. The summed E-state index contributed by atoms with van der Waals surface area (Å²) < 4.78 is 26.0. The van der Waals surface area contributed by atoms with E-state index >= 15 is 0 Å². The van der Waals surface area contributed by atoms with Crippen LogP contribution in [-0.4, -0.2) is 112 Å². The molecule has 8 N–H and O–H groups in total. The molecule has 10 atom stereocenters. The summed E-state index contributed by atoms with van der Waals surface area (Å²) in [5.74, 6) is -0.467. The van der Waals surface area contributed by atoms with Gasteiger partial charge in [-0.2, -0.15) is 0 Å². The molecule has 0 aliphatic carbocycles. The highest BCUT2D eigenvalue weighted by Crippen LogP contribution is 2.39. The molecule has 188 valence electrons. The van der Waals surface area contributed by atoms with Gasteiger partial charge in [-0.3, -0.25) is 0 Å². The molecule has 5 unspecified atom stereocenters. The van der Waals surface area contributed by atoms with Gasteiger partial charge in [0.05, 0.1) is 25.5 Å². The van der Waals surface area contributed by atoms with Gasteiger partial charge in [0.25, 0.3) is 0 Å². The molecule has 14 heteroatoms. The summed E-state index contributed by atoms with van der Waals surface area (Å²) in [6.45, 7) is -1.13. The van der Waals surface area contributed by atoms with Gasteiger partial charge >= 0.3 is 0 Å². The fourth-order valence-corrected chi connectivity index (χ4v) is 5.40. The predicted molar refractivity (Wildman–Crippen MR) is 116 cm³/mol. The molecule has 4 rings (SSSR count). The van der Waals surface area contributed by atoms with Crippen molar-refractivity contribution in [2.45, 2.75) is 59.6 Å². The zero-order valence-electron chi connectivity index (χ0n) is 17.8. The number of rotatable bonds is 6. The van der Waals surface area contributed by atoms with Gasteiger partial charge in [0.2, 0.25) is 0 Å². The Labute approximate surface area is 197 Å². The summed E-state index contributed by atoms with van der Waals surface area (Å²) in [5.41, 5.74) is 4.36. The van der Waals surface area contributed by atoms with Gasteiger partial charge in [0, 0.05) is 5.56 Å². The standard InChI is InChI=1S/C20H27FN4O8S/c21-9-3-1-2-8(4-9)10-5-25(24-23-10)14-16(29)12(7-27)33-20(18(14)31)34-19-17(30)13(22)15(28)11(6-26)32-19/h1-5,11-20,26-31H,6-7,22H2/t11-,12?,13?,14+,15?,16+,17-,18?,19?,20+/m1/s1. The molecule has 2 aromatic rings. The molecule has 0 saturated carbocycles. The number of aliphatic hydroxyl groups excluding tert-OH is 6. The Morgan fingerprint density at radius 3 is 2.26 bits per heavy atom. The van der Waals surface area contributed by atoms with Gasteiger partial charge in [0.1, 0.15) is 65.0 Å². The first-order valence-electron chi connectivity index (χ1n) is 10.6. The molecule has 3 heterocycles. The first-order valence-corrected chi connectivity index (χ1v) is 11.5. The fourth-order valence-electron chi connectivity index (χ4n) is 4.06. The van der Waals surface area contributed by atoms with Crippen molar-refractivity contribution in [3.63, 3.8) is 0 Å². The smallest absolute Gasteiger partial charge is 0.134 e. The number of ether oxygens (including phenoxy) is 2. The van der Waals surface area contributed by atoms with E-state index in [1.54, 1.807) is 6.07 Å². The summed E-state index contributed by atoms with van der Waals surface area (Å²) in [5, 5.41) is 69.4. The van der Waals surface area contributed by atoms with Gasteiger partial charge < -0.3 is 45.8 Å². The maximum Gasteiger partial charge on any atom is 0.134 e. The van der Waals surface area contributed by atoms with Gasteiger partial charge in [-0.05, 0) is 12.1 Å². The van der Waals surface area contributed by atoms with Gasteiger partial charge in [-0.1, -0.05) is 29.1 Å². The van der Waals surface area contributed by atoms with Gasteiger partial charge in [-0.15, -0.1) is 5.10 Å². The van der Waals surface area contributed by atoms with Crippen LogP contribution in [0.1, 0.15) is 6.04 Å². The summed E-state index contributed by atoms with van der Waals surface area (Å²) in [7, 11) is 0. The van der Waals surface area contributed by atoms with Crippen LogP contribution in [0.4, 0.5) is 4.39 Å². The van der Waals surface area contributed by atoms with E-state index in [2.05, 4.69) is 10.3 Å². The van der Waals surface area contributed by atoms with Crippen molar-refractivity contribution >= 4 is 11.8 Å². The summed E-state index contributed by atoms with van der Waals surface area (Å²) in [6, 6.07) is 3.43. The van der Waals surface area contributed by atoms with E-state index in [0.717, 1.165) is 11.8 Å². The summed E-state index contributed by atoms with van der Waals surface area (Å²) >= 11 is 0.827. The maximum atomic E-state index is 13.6. The Bertz CT molecular complexity index is 970. The number of hydrogen-bond donors (Lipinski definition) is 7. The van der Waals surface area contributed by atoms with Crippen molar-refractivity contribution in [2.24, 2.45) is 5.73 Å². The molecule has 0 spiro atoms. The third kappa shape index (κ3) is 4.83. The molecule has 0 radical (unpaired) electrons. The second-order valence-electron chi connectivity index (χ2n) is 8.21. The second-order valence-corrected chi connectivity index (χ2v) is 9.41. The number of thioether (sulfide) groups is 1. The van der Waals surface area contributed by atoms with E-state index in [9.17, 15) is 35.0 Å². The maximum absolute atomic E-state index is 13.6. The molecule has 34 heavy (non-hydrogen) atoms. The molecule has 2 aliphatic rings. The van der Waals surface area contributed by atoms with Crippen LogP contribution < -0.4 is 5.73 Å². The lowest BCUT2D eigenvalue weighted by Gasteiger charge is -2.45. The van der Waals surface area contributed by atoms with E-state index in [-0.39, 0.29) is 0 Å². The van der Waals surface area contributed by atoms with Crippen LogP contribution in [0.2, 0.25) is 0 Å². The molecule has 2 fully saturated rings. The summed E-state index contributed by atoms with van der Waals surface area (Å²) in [6.07, 6.45) is -6.22. The van der Waals surface area contributed by atoms with E-state index in [1.165, 1.54) is 29.1 Å². The largest absolute Gasteiger partial charge is 0.394 e. The highest BCUT2D eigenvalue weighted by Gasteiger charge is 2.50. The number of aliphatic hydroxyl groups is 6. The Morgan fingerprint density at radius 2 is 1.62 bits per heavy atom. The molecule has 2 saturated heterocycles. The van der Waals surface area contributed by atoms with Crippen molar-refractivity contribution in [3.05, 3.63) is 36.3 Å². The van der Waals surface area contributed by atoms with Crippen LogP contribution in [0.3, 0.4) is 0 Å². The number of benzene rings is 1. The van der Waals surface area contributed by atoms with E-state index < -0.39 is 78.6 Å². The topological polar surface area (TPSA) is 197 Å². The monoisotopic (exact) mass is 502 g/mol. The van der Waals surface area contributed by atoms with E-state index in [0.29, 0.717) is 11.3 Å². The highest BCUT2D eigenvalue weighted by atomic mass is 32.2. The molecule has 0 bridgehead atoms. The SMILES string of the molecule is NC1C(O)[C@@H](CO)OC(S[C@@H]2OC(CO)[C@H](O)[C@H](n3cc(-c4cccc(F)c4)nn3)C2O)[C@@H]1O. The molecule has 0 amide bonds. The zero-order valence-corrected chi connectivity index (χ0v) is 18.6. The van der Waals surface area contributed by atoms with Crippen LogP contribution in [0.15, 0.2) is 30.5 Å². The minimum Gasteiger partial charge on any atom is -0.394 e. The lowest BCUT2D eigenvalue weighted by atomic mass is 9.97. The third-order valence-corrected chi connectivity index (χ3v) is 7.31. The first kappa shape index (κ1) is 25.4. The van der Waals surface area contributed by atoms with Gasteiger partial charge in [0.15, 0.2) is 0 Å². The van der Waals surface area contributed by atoms with Crippen LogP contribution in [-0.2, 0) is 9.47 Å². The Balaban J connectivity index is 1.57. The minimum absolute atomic E-state index is 0.298. The lowest BCUT2D eigenvalue weighted by molar-refractivity contribution is -0.183. The van der Waals surface area contributed by atoms with Crippen LogP contribution in [0.25, 0.3) is 11.3 Å². The van der Waals surface area contributed by atoms with Crippen molar-refractivity contribution in [1.82, 2.24) is 15.0 Å². The average Bonchev–Trinajstić information content (AvgIpc) is 3.31. The molecule has 12 nitrogen and oxygen atoms in total. The van der Waals surface area contributed by atoms with Crippen LogP contribution in [0, 0.1) is 5.82 Å². The molecular weight excluding hydrogens is 475 g/mol. The molecular formula is C20H27FN4O8S. The average molecular weight is 503 g/mol. The van der Waals surface area contributed by atoms with E-state index in [1.807, 2.05) is 0 Å². The van der Waals surface area contributed by atoms with Crippen molar-refractivity contribution < 1.29 is 44.5 Å². The number of halogens is 1. The number of nitrogens with zero attached hydrogens (tertiary/aromatic N) is 3. The quantitative estimate of drug-likeness (QED) is 0.221. The molecule has 2 aliphatic heterocycles. The van der Waals surface area contributed by atoms with Gasteiger partial charge in [-0.25, -0.2) is 9.07 Å². The normalized spacial score (nSPS) is 38.7. The third-order valence-electron chi connectivity index (χ3n) is 5.99. The second kappa shape index (κ2) is 10.5. The lowest BCUT2D eigenvalue weighted by Crippen LogP contribution is -2.62. The van der Waals surface area contributed by atoms with Crippen molar-refractivity contribution in [3.8, 4) is 11.3 Å². The summed E-state index contributed by atoms with van der Waals surface area (Å²) in [4.78, 5) is 0. The number of aromatic nitrogens is 3. The fraction of sp³-hybridized carbons (Fsp3) is 0.600. The van der Waals surface area contributed by atoms with E-state index in [4.69, 9.17) is 15.2 Å². The first-order chi connectivity index (χ1) is 16.2. The van der Waals surface area contributed by atoms with Crippen LogP contribution >= 0.6 is 11.8 Å². The number of nitrogens with two attached hydrogens (primary N) is 1. The number of hydrogen-bond acceptors (Lipinski definition) is 12. The molecule has 1 aromatic carbocycles. The Kier molecular flexibility index (Phi) is 7.83. The minimum atomic E-state index is -1.42. The Morgan fingerprint density at radius 1 is 0.971 bits per heavy atom. The molecule has 1 aromatic heterocycles.